The molecule has 0 aliphatic carbocycles. The third kappa shape index (κ3) is 3.67. The lowest BCUT2D eigenvalue weighted by atomic mass is 10.2. The van der Waals surface area contributed by atoms with E-state index in [-0.39, 0.29) is 24.2 Å². The highest BCUT2D eigenvalue weighted by molar-refractivity contribution is 9.10. The molecule has 0 fully saturated rings. The van der Waals surface area contributed by atoms with Crippen molar-refractivity contribution in [3.63, 3.8) is 0 Å². The smallest absolute Gasteiger partial charge is 0.251 e. The zero-order valence-electron chi connectivity index (χ0n) is 12.7. The molecular formula is C15H14BrFN6O. The summed E-state index contributed by atoms with van der Waals surface area (Å²) in [5, 5.41) is 10.8. The number of benzene rings is 1. The summed E-state index contributed by atoms with van der Waals surface area (Å²) in [6, 6.07) is 5.92. The number of carbonyl (C=O) groups is 1. The van der Waals surface area contributed by atoms with Crippen molar-refractivity contribution in [2.45, 2.75) is 19.5 Å². The van der Waals surface area contributed by atoms with Crippen molar-refractivity contribution in [1.29, 1.82) is 0 Å². The zero-order valence-corrected chi connectivity index (χ0v) is 14.3. The molecule has 0 saturated heterocycles. The van der Waals surface area contributed by atoms with Crippen LogP contribution in [-0.4, -0.2) is 30.5 Å². The number of anilines is 1. The van der Waals surface area contributed by atoms with Crippen LogP contribution >= 0.6 is 15.9 Å². The molecule has 0 aliphatic rings. The van der Waals surface area contributed by atoms with E-state index in [9.17, 15) is 9.18 Å². The fourth-order valence-electron chi connectivity index (χ4n) is 2.09. The zero-order chi connectivity index (χ0) is 17.1. The van der Waals surface area contributed by atoms with Gasteiger partial charge in [-0.2, -0.15) is 5.10 Å². The number of nitrogens with one attached hydrogen (secondary N) is 1. The van der Waals surface area contributed by atoms with Crippen molar-refractivity contribution in [1.82, 2.24) is 24.5 Å². The van der Waals surface area contributed by atoms with Gasteiger partial charge in [0.05, 0.1) is 17.2 Å². The minimum atomic E-state index is -0.519. The van der Waals surface area contributed by atoms with Crippen LogP contribution in [0.15, 0.2) is 47.5 Å². The van der Waals surface area contributed by atoms with Crippen LogP contribution in [0.25, 0.3) is 0 Å². The Labute approximate surface area is 145 Å². The van der Waals surface area contributed by atoms with Crippen LogP contribution in [0, 0.1) is 5.82 Å². The molecule has 3 aromatic rings. The topological polar surface area (TPSA) is 77.6 Å². The normalized spacial score (nSPS) is 12.1. The minimum absolute atomic E-state index is 0.161. The summed E-state index contributed by atoms with van der Waals surface area (Å²) in [7, 11) is 0. The van der Waals surface area contributed by atoms with Gasteiger partial charge in [-0.1, -0.05) is 18.2 Å². The molecular weight excluding hydrogens is 379 g/mol. The second-order valence-electron chi connectivity index (χ2n) is 5.16. The lowest BCUT2D eigenvalue weighted by Crippen LogP contribution is -2.24. The molecule has 1 amide bonds. The molecule has 0 saturated carbocycles. The van der Waals surface area contributed by atoms with Crippen LogP contribution in [0.4, 0.5) is 10.3 Å². The lowest BCUT2D eigenvalue weighted by Gasteiger charge is -2.10. The SMILES string of the molecule is CC(C(=O)Nc1ncn(Cc2ccccc2F)n1)n1cc(Br)cn1. The molecule has 0 spiro atoms. The highest BCUT2D eigenvalue weighted by Crippen LogP contribution is 2.13. The Morgan fingerprint density at radius 2 is 2.21 bits per heavy atom. The van der Waals surface area contributed by atoms with Gasteiger partial charge in [0.2, 0.25) is 5.95 Å². The highest BCUT2D eigenvalue weighted by Gasteiger charge is 2.17. The van der Waals surface area contributed by atoms with Crippen LogP contribution in [0.1, 0.15) is 18.5 Å². The van der Waals surface area contributed by atoms with Crippen molar-refractivity contribution in [2.75, 3.05) is 5.32 Å². The Balaban J connectivity index is 1.65. The van der Waals surface area contributed by atoms with E-state index in [1.165, 1.54) is 21.8 Å². The third-order valence-corrected chi connectivity index (χ3v) is 3.82. The number of amides is 1. The van der Waals surface area contributed by atoms with Gasteiger partial charge in [0, 0.05) is 11.8 Å². The Morgan fingerprint density at radius 3 is 2.92 bits per heavy atom. The Morgan fingerprint density at radius 1 is 1.42 bits per heavy atom. The Bertz CT molecular complexity index is 861. The Hall–Kier alpha value is -2.55. The molecule has 3 rings (SSSR count). The van der Waals surface area contributed by atoms with E-state index in [1.54, 1.807) is 37.5 Å². The van der Waals surface area contributed by atoms with E-state index in [4.69, 9.17) is 0 Å². The van der Waals surface area contributed by atoms with Crippen molar-refractivity contribution in [3.8, 4) is 0 Å². The number of hydrogen-bond donors (Lipinski definition) is 1. The van der Waals surface area contributed by atoms with Gasteiger partial charge in [-0.25, -0.2) is 14.1 Å². The number of aromatic nitrogens is 5. The van der Waals surface area contributed by atoms with Gasteiger partial charge >= 0.3 is 0 Å². The first-order valence-electron chi connectivity index (χ1n) is 7.16. The molecule has 9 heteroatoms. The van der Waals surface area contributed by atoms with E-state index >= 15 is 0 Å². The lowest BCUT2D eigenvalue weighted by molar-refractivity contribution is -0.119. The van der Waals surface area contributed by atoms with Crippen LogP contribution in [0.2, 0.25) is 0 Å². The molecule has 2 aromatic heterocycles. The standard InChI is InChI=1S/C15H14BrFN6O/c1-10(23-8-12(16)6-19-23)14(24)20-15-18-9-22(21-15)7-11-4-2-3-5-13(11)17/h2-6,8-10H,7H2,1H3,(H,20,21,24). The van der Waals surface area contributed by atoms with Crippen LogP contribution in [0.3, 0.4) is 0 Å². The van der Waals surface area contributed by atoms with Gasteiger partial charge in [-0.05, 0) is 28.9 Å². The summed E-state index contributed by atoms with van der Waals surface area (Å²) >= 11 is 3.28. The fraction of sp³-hybridized carbons (Fsp3) is 0.200. The molecule has 0 aliphatic heterocycles. The molecule has 1 atom stereocenters. The molecule has 1 aromatic carbocycles. The highest BCUT2D eigenvalue weighted by atomic mass is 79.9. The van der Waals surface area contributed by atoms with Crippen LogP contribution < -0.4 is 5.32 Å². The van der Waals surface area contributed by atoms with Gasteiger partial charge in [-0.15, -0.1) is 5.10 Å². The first kappa shape index (κ1) is 16.3. The van der Waals surface area contributed by atoms with E-state index in [0.29, 0.717) is 5.56 Å². The second-order valence-corrected chi connectivity index (χ2v) is 6.08. The molecule has 1 N–H and O–H groups in total. The molecule has 24 heavy (non-hydrogen) atoms. The maximum absolute atomic E-state index is 13.6. The predicted molar refractivity (Wildman–Crippen MR) is 88.8 cm³/mol. The molecule has 124 valence electrons. The van der Waals surface area contributed by atoms with E-state index < -0.39 is 6.04 Å². The molecule has 7 nitrogen and oxygen atoms in total. The largest absolute Gasteiger partial charge is 0.291 e. The number of carbonyl (C=O) groups excluding carboxylic acids is 1. The van der Waals surface area contributed by atoms with Crippen molar-refractivity contribution in [3.05, 3.63) is 58.8 Å². The van der Waals surface area contributed by atoms with Gasteiger partial charge in [-0.3, -0.25) is 14.8 Å². The van der Waals surface area contributed by atoms with Gasteiger partial charge < -0.3 is 0 Å². The van der Waals surface area contributed by atoms with E-state index in [0.717, 1.165) is 4.47 Å². The quantitative estimate of drug-likeness (QED) is 0.723. The number of halogens is 2. The fourth-order valence-corrected chi connectivity index (χ4v) is 2.39. The molecule has 0 bridgehead atoms. The molecule has 2 heterocycles. The van der Waals surface area contributed by atoms with E-state index in [1.807, 2.05) is 0 Å². The number of hydrogen-bond acceptors (Lipinski definition) is 4. The summed E-state index contributed by atoms with van der Waals surface area (Å²) < 4.78 is 17.4. The monoisotopic (exact) mass is 392 g/mol. The minimum Gasteiger partial charge on any atom is -0.291 e. The molecule has 1 unspecified atom stereocenters. The van der Waals surface area contributed by atoms with Crippen molar-refractivity contribution >= 4 is 27.8 Å². The summed E-state index contributed by atoms with van der Waals surface area (Å²) in [5.74, 6) is -0.444. The van der Waals surface area contributed by atoms with Gasteiger partial charge in [0.15, 0.2) is 0 Å². The maximum atomic E-state index is 13.6. The summed E-state index contributed by atoms with van der Waals surface area (Å²) in [6.45, 7) is 1.95. The van der Waals surface area contributed by atoms with E-state index in [2.05, 4.69) is 36.4 Å². The van der Waals surface area contributed by atoms with Gasteiger partial charge in [0.1, 0.15) is 18.2 Å². The average molecular weight is 393 g/mol. The summed E-state index contributed by atoms with van der Waals surface area (Å²) in [6.07, 6.45) is 4.75. The number of nitrogens with zero attached hydrogens (tertiary/aromatic N) is 5. The van der Waals surface area contributed by atoms with Crippen LogP contribution in [-0.2, 0) is 11.3 Å². The van der Waals surface area contributed by atoms with Gasteiger partial charge in [0.25, 0.3) is 5.91 Å². The second kappa shape index (κ2) is 6.91. The predicted octanol–water partition coefficient (Wildman–Crippen LogP) is 2.62. The number of rotatable bonds is 5. The summed E-state index contributed by atoms with van der Waals surface area (Å²) in [5.41, 5.74) is 0.495. The maximum Gasteiger partial charge on any atom is 0.251 e. The first-order chi connectivity index (χ1) is 11.5. The average Bonchev–Trinajstić information content (AvgIpc) is 3.18. The van der Waals surface area contributed by atoms with Crippen LogP contribution in [0.5, 0.6) is 0 Å². The Kier molecular flexibility index (Phi) is 4.70. The third-order valence-electron chi connectivity index (χ3n) is 3.41. The first-order valence-corrected chi connectivity index (χ1v) is 7.95. The summed E-state index contributed by atoms with van der Waals surface area (Å²) in [4.78, 5) is 16.2. The van der Waals surface area contributed by atoms with Crippen molar-refractivity contribution < 1.29 is 9.18 Å². The molecule has 0 radical (unpaired) electrons. The van der Waals surface area contributed by atoms with Crippen molar-refractivity contribution in [2.24, 2.45) is 0 Å².